The fourth-order valence-electron chi connectivity index (χ4n) is 2.87. The van der Waals surface area contributed by atoms with E-state index in [2.05, 4.69) is 4.90 Å². The van der Waals surface area contributed by atoms with E-state index in [1.807, 2.05) is 12.1 Å². The first-order valence-electron chi connectivity index (χ1n) is 5.35. The minimum absolute atomic E-state index is 0.141. The van der Waals surface area contributed by atoms with E-state index in [0.29, 0.717) is 0 Å². The van der Waals surface area contributed by atoms with Crippen molar-refractivity contribution in [2.45, 2.75) is 25.3 Å². The predicted octanol–water partition coefficient (Wildman–Crippen LogP) is 2.81. The number of nitrogens with zero attached hydrogens (tertiary/aromatic N) is 1. The molecule has 1 saturated carbocycles. The van der Waals surface area contributed by atoms with Crippen molar-refractivity contribution in [3.8, 4) is 0 Å². The summed E-state index contributed by atoms with van der Waals surface area (Å²) in [7, 11) is 0. The van der Waals surface area contributed by atoms with E-state index in [4.69, 9.17) is 0 Å². The largest absolute Gasteiger partial charge is 0.368 e. The second-order valence-electron chi connectivity index (χ2n) is 4.46. The summed E-state index contributed by atoms with van der Waals surface area (Å²) in [5, 5.41) is 0. The molecule has 0 amide bonds. The Hall–Kier alpha value is -1.05. The first kappa shape index (κ1) is 8.27. The van der Waals surface area contributed by atoms with Crippen LogP contribution in [0.25, 0.3) is 0 Å². The fourth-order valence-corrected chi connectivity index (χ4v) is 2.87. The Morgan fingerprint density at radius 2 is 1.93 bits per heavy atom. The normalized spacial score (nSPS) is 29.9. The third kappa shape index (κ3) is 1.21. The van der Waals surface area contributed by atoms with Crippen LogP contribution in [0.1, 0.15) is 19.3 Å². The van der Waals surface area contributed by atoms with Crippen LogP contribution in [0, 0.1) is 11.7 Å². The van der Waals surface area contributed by atoms with Gasteiger partial charge in [0.1, 0.15) is 5.82 Å². The number of fused-ring (bicyclic) bond motifs is 2. The van der Waals surface area contributed by atoms with Crippen molar-refractivity contribution in [2.24, 2.45) is 5.92 Å². The van der Waals surface area contributed by atoms with Crippen molar-refractivity contribution in [3.63, 3.8) is 0 Å². The number of hydrogen-bond acceptors (Lipinski definition) is 1. The number of benzene rings is 1. The van der Waals surface area contributed by atoms with E-state index >= 15 is 0 Å². The van der Waals surface area contributed by atoms with Gasteiger partial charge in [-0.1, -0.05) is 0 Å². The van der Waals surface area contributed by atoms with Crippen LogP contribution in [0.2, 0.25) is 0 Å². The molecule has 0 spiro atoms. The SMILES string of the molecule is Fc1ccc(N2CC3CCC2C3)cc1. The molecule has 1 saturated heterocycles. The van der Waals surface area contributed by atoms with Crippen molar-refractivity contribution in [1.29, 1.82) is 0 Å². The monoisotopic (exact) mass is 191 g/mol. The summed E-state index contributed by atoms with van der Waals surface area (Å²) in [6, 6.07) is 7.64. The summed E-state index contributed by atoms with van der Waals surface area (Å²) in [6.45, 7) is 1.18. The summed E-state index contributed by atoms with van der Waals surface area (Å²) in [4.78, 5) is 2.44. The molecule has 1 aromatic carbocycles. The Labute approximate surface area is 83.5 Å². The van der Waals surface area contributed by atoms with Crippen molar-refractivity contribution < 1.29 is 4.39 Å². The van der Waals surface area contributed by atoms with Gasteiger partial charge in [-0.3, -0.25) is 0 Å². The lowest BCUT2D eigenvalue weighted by molar-refractivity contribution is 0.553. The molecular weight excluding hydrogens is 177 g/mol. The molecule has 2 bridgehead atoms. The van der Waals surface area contributed by atoms with E-state index in [-0.39, 0.29) is 5.82 Å². The molecule has 74 valence electrons. The zero-order chi connectivity index (χ0) is 9.54. The molecule has 2 fully saturated rings. The summed E-state index contributed by atoms with van der Waals surface area (Å²) in [5.41, 5.74) is 1.19. The van der Waals surface area contributed by atoms with Gasteiger partial charge in [0, 0.05) is 18.3 Å². The average molecular weight is 191 g/mol. The maximum Gasteiger partial charge on any atom is 0.123 e. The highest BCUT2D eigenvalue weighted by Gasteiger charge is 2.37. The van der Waals surface area contributed by atoms with E-state index in [1.54, 1.807) is 12.1 Å². The molecule has 1 aliphatic heterocycles. The first-order chi connectivity index (χ1) is 6.83. The summed E-state index contributed by atoms with van der Waals surface area (Å²) >= 11 is 0. The lowest BCUT2D eigenvalue weighted by Crippen LogP contribution is -2.31. The molecular formula is C12H14FN. The second kappa shape index (κ2) is 2.97. The molecule has 2 heteroatoms. The molecule has 1 heterocycles. The smallest absolute Gasteiger partial charge is 0.123 e. The van der Waals surface area contributed by atoms with Crippen LogP contribution >= 0.6 is 0 Å². The minimum Gasteiger partial charge on any atom is -0.368 e. The van der Waals surface area contributed by atoms with E-state index in [0.717, 1.165) is 12.0 Å². The van der Waals surface area contributed by atoms with E-state index in [1.165, 1.54) is 31.5 Å². The van der Waals surface area contributed by atoms with Gasteiger partial charge in [0.2, 0.25) is 0 Å². The molecule has 3 rings (SSSR count). The quantitative estimate of drug-likeness (QED) is 0.659. The average Bonchev–Trinajstić information content (AvgIpc) is 2.80. The zero-order valence-electron chi connectivity index (χ0n) is 8.12. The molecule has 0 N–H and O–H groups in total. The molecule has 0 radical (unpaired) electrons. The molecule has 2 atom stereocenters. The van der Waals surface area contributed by atoms with Crippen LogP contribution in [0.4, 0.5) is 10.1 Å². The Morgan fingerprint density at radius 1 is 1.14 bits per heavy atom. The molecule has 2 unspecified atom stereocenters. The number of halogens is 1. The number of hydrogen-bond donors (Lipinski definition) is 0. The van der Waals surface area contributed by atoms with Crippen LogP contribution in [-0.4, -0.2) is 12.6 Å². The molecule has 1 aromatic rings. The van der Waals surface area contributed by atoms with Crippen molar-refractivity contribution in [3.05, 3.63) is 30.1 Å². The van der Waals surface area contributed by atoms with Crippen LogP contribution < -0.4 is 4.90 Å². The Bertz CT molecular complexity index is 333. The van der Waals surface area contributed by atoms with Gasteiger partial charge in [-0.25, -0.2) is 4.39 Å². The molecule has 14 heavy (non-hydrogen) atoms. The highest BCUT2D eigenvalue weighted by atomic mass is 19.1. The van der Waals surface area contributed by atoms with E-state index < -0.39 is 0 Å². The van der Waals surface area contributed by atoms with Gasteiger partial charge in [0.15, 0.2) is 0 Å². The van der Waals surface area contributed by atoms with Gasteiger partial charge < -0.3 is 4.90 Å². The molecule has 1 aliphatic carbocycles. The van der Waals surface area contributed by atoms with E-state index in [9.17, 15) is 4.39 Å². The summed E-state index contributed by atoms with van der Waals surface area (Å²) < 4.78 is 12.7. The van der Waals surface area contributed by atoms with Gasteiger partial charge in [-0.2, -0.15) is 0 Å². The number of anilines is 1. The maximum atomic E-state index is 12.7. The number of rotatable bonds is 1. The fraction of sp³-hybridized carbons (Fsp3) is 0.500. The first-order valence-corrected chi connectivity index (χ1v) is 5.35. The maximum absolute atomic E-state index is 12.7. The lowest BCUT2D eigenvalue weighted by atomic mass is 10.1. The van der Waals surface area contributed by atoms with Crippen LogP contribution in [0.3, 0.4) is 0 Å². The van der Waals surface area contributed by atoms with Gasteiger partial charge >= 0.3 is 0 Å². The minimum atomic E-state index is -0.141. The third-order valence-corrected chi connectivity index (χ3v) is 3.57. The standard InChI is InChI=1S/C12H14FN/c13-10-2-5-11(6-3-10)14-8-9-1-4-12(14)7-9/h2-3,5-6,9,12H,1,4,7-8H2. The number of piperidine rings is 1. The Balaban J connectivity index is 1.86. The van der Waals surface area contributed by atoms with Crippen molar-refractivity contribution in [1.82, 2.24) is 0 Å². The zero-order valence-corrected chi connectivity index (χ0v) is 8.12. The highest BCUT2D eigenvalue weighted by Crippen LogP contribution is 2.39. The van der Waals surface area contributed by atoms with Crippen LogP contribution in [0.15, 0.2) is 24.3 Å². The summed E-state index contributed by atoms with van der Waals surface area (Å²) in [6.07, 6.45) is 4.06. The third-order valence-electron chi connectivity index (χ3n) is 3.57. The van der Waals surface area contributed by atoms with Crippen LogP contribution in [-0.2, 0) is 0 Å². The van der Waals surface area contributed by atoms with Crippen LogP contribution in [0.5, 0.6) is 0 Å². The van der Waals surface area contributed by atoms with Gasteiger partial charge in [0.05, 0.1) is 0 Å². The lowest BCUT2D eigenvalue weighted by Gasteiger charge is -2.29. The van der Waals surface area contributed by atoms with Gasteiger partial charge in [-0.15, -0.1) is 0 Å². The Kier molecular flexibility index (Phi) is 1.76. The highest BCUT2D eigenvalue weighted by molar-refractivity contribution is 5.49. The Morgan fingerprint density at radius 3 is 2.50 bits per heavy atom. The van der Waals surface area contributed by atoms with Gasteiger partial charge in [0.25, 0.3) is 0 Å². The molecule has 0 aromatic heterocycles. The van der Waals surface area contributed by atoms with Crippen molar-refractivity contribution in [2.75, 3.05) is 11.4 Å². The van der Waals surface area contributed by atoms with Crippen molar-refractivity contribution >= 4 is 5.69 Å². The van der Waals surface area contributed by atoms with Gasteiger partial charge in [-0.05, 0) is 49.4 Å². The summed E-state index contributed by atoms with van der Waals surface area (Å²) in [5.74, 6) is 0.753. The predicted molar refractivity (Wildman–Crippen MR) is 54.9 cm³/mol. The molecule has 2 aliphatic rings. The molecule has 1 nitrogen and oxygen atoms in total. The second-order valence-corrected chi connectivity index (χ2v) is 4.46. The topological polar surface area (TPSA) is 3.24 Å².